The Hall–Kier alpha value is -3.11. The van der Waals surface area contributed by atoms with Crippen LogP contribution in [0.2, 0.25) is 0 Å². The highest BCUT2D eigenvalue weighted by Gasteiger charge is 2.72. The van der Waals surface area contributed by atoms with E-state index in [4.69, 9.17) is 24.1 Å². The Kier molecular flexibility index (Phi) is 5.56. The molecule has 0 unspecified atom stereocenters. The van der Waals surface area contributed by atoms with Crippen LogP contribution in [0.3, 0.4) is 0 Å². The Morgan fingerprint density at radius 3 is 2.77 bits per heavy atom. The van der Waals surface area contributed by atoms with Gasteiger partial charge in [-0.15, -0.1) is 0 Å². The van der Waals surface area contributed by atoms with Crippen molar-refractivity contribution in [2.75, 3.05) is 20.7 Å². The van der Waals surface area contributed by atoms with Gasteiger partial charge in [0.2, 0.25) is 0 Å². The van der Waals surface area contributed by atoms with Gasteiger partial charge in [0, 0.05) is 18.0 Å². The number of methoxy groups -OCH3 is 1. The maximum Gasteiger partial charge on any atom is 0.352 e. The van der Waals surface area contributed by atoms with Gasteiger partial charge in [0.25, 0.3) is 0 Å². The standard InChI is InChI=1S/C25H29NO9/c1-13(33-19(29)7-6-18(27)28)23(30)34-16-8-9-25(31)17-12-14-4-5-15(32-3)21-20(14)24(25,22(16)35-21)10-11-26(17)2/h4-5,8,13,17,22,31H,6-7,9-12H2,1-3H3,(H,27,28)/t13-,17-,22-,24-,25+/m0/s1. The average molecular weight is 488 g/mol. The molecule has 5 atom stereocenters. The van der Waals surface area contributed by atoms with Crippen molar-refractivity contribution in [1.82, 2.24) is 4.90 Å². The van der Waals surface area contributed by atoms with Crippen LogP contribution < -0.4 is 9.47 Å². The van der Waals surface area contributed by atoms with Crippen LogP contribution in [0.15, 0.2) is 24.0 Å². The van der Waals surface area contributed by atoms with Crippen LogP contribution in [-0.2, 0) is 35.7 Å². The summed E-state index contributed by atoms with van der Waals surface area (Å²) in [4.78, 5) is 37.5. The summed E-state index contributed by atoms with van der Waals surface area (Å²) in [5, 5.41) is 20.9. The van der Waals surface area contributed by atoms with Crippen molar-refractivity contribution in [3.63, 3.8) is 0 Å². The number of esters is 2. The van der Waals surface area contributed by atoms with Crippen molar-refractivity contribution < 1.29 is 43.5 Å². The highest BCUT2D eigenvalue weighted by molar-refractivity contribution is 5.81. The fraction of sp³-hybridized carbons (Fsp3) is 0.560. The lowest BCUT2D eigenvalue weighted by Gasteiger charge is -2.61. The van der Waals surface area contributed by atoms with Crippen LogP contribution in [0.1, 0.15) is 43.7 Å². The zero-order valence-electron chi connectivity index (χ0n) is 19.9. The number of aliphatic carboxylic acids is 1. The second-order valence-corrected chi connectivity index (χ2v) is 9.73. The van der Waals surface area contributed by atoms with Gasteiger partial charge >= 0.3 is 17.9 Å². The van der Waals surface area contributed by atoms with Crippen molar-refractivity contribution in [2.24, 2.45) is 0 Å². The molecule has 2 aliphatic heterocycles. The molecule has 2 bridgehead atoms. The molecule has 1 aromatic carbocycles. The second kappa shape index (κ2) is 8.23. The summed E-state index contributed by atoms with van der Waals surface area (Å²) in [7, 11) is 3.57. The van der Waals surface area contributed by atoms with Gasteiger partial charge in [0.15, 0.2) is 23.7 Å². The number of hydrogen-bond acceptors (Lipinski definition) is 9. The molecule has 2 N–H and O–H groups in total. The summed E-state index contributed by atoms with van der Waals surface area (Å²) >= 11 is 0. The molecule has 5 rings (SSSR count). The van der Waals surface area contributed by atoms with Crippen molar-refractivity contribution in [3.8, 4) is 11.5 Å². The van der Waals surface area contributed by atoms with E-state index in [-0.39, 0.29) is 31.1 Å². The maximum absolute atomic E-state index is 12.8. The number of piperidine rings is 1. The van der Waals surface area contributed by atoms with Gasteiger partial charge in [-0.05, 0) is 51.1 Å². The molecule has 2 heterocycles. The number of carboxylic acid groups (broad SMARTS) is 1. The summed E-state index contributed by atoms with van der Waals surface area (Å²) in [5.74, 6) is -1.34. The number of ether oxygens (including phenoxy) is 4. The van der Waals surface area contributed by atoms with E-state index in [1.54, 1.807) is 13.2 Å². The van der Waals surface area contributed by atoms with Crippen LogP contribution >= 0.6 is 0 Å². The average Bonchev–Trinajstić information content (AvgIpc) is 3.17. The van der Waals surface area contributed by atoms with E-state index in [2.05, 4.69) is 4.90 Å². The smallest absolute Gasteiger partial charge is 0.352 e. The molecule has 10 heteroatoms. The molecule has 0 saturated carbocycles. The first-order chi connectivity index (χ1) is 16.6. The van der Waals surface area contributed by atoms with Gasteiger partial charge in [0.1, 0.15) is 5.76 Å². The third-order valence-corrected chi connectivity index (χ3v) is 7.96. The zero-order valence-corrected chi connectivity index (χ0v) is 19.9. The molecule has 188 valence electrons. The van der Waals surface area contributed by atoms with Gasteiger partial charge in [0.05, 0.1) is 31.0 Å². The highest BCUT2D eigenvalue weighted by Crippen LogP contribution is 2.65. The molecule has 10 nitrogen and oxygen atoms in total. The van der Waals surface area contributed by atoms with E-state index in [1.165, 1.54) is 6.92 Å². The first-order valence-corrected chi connectivity index (χ1v) is 11.7. The van der Waals surface area contributed by atoms with Gasteiger partial charge in [-0.1, -0.05) is 6.07 Å². The van der Waals surface area contributed by atoms with E-state index in [0.29, 0.717) is 24.3 Å². The Labute approximate surface area is 202 Å². The SMILES string of the molecule is COc1ccc2c3c1O[C@H]1C(OC(=O)[C@H](C)OC(=O)CCC(=O)O)=CC[C@@]4(O)[C@H](C2)N(C)CC[C@]314. The third-order valence-electron chi connectivity index (χ3n) is 7.96. The zero-order chi connectivity index (χ0) is 25.1. The molecule has 0 radical (unpaired) electrons. The Morgan fingerprint density at radius 1 is 1.29 bits per heavy atom. The normalized spacial score (nSPS) is 30.9. The highest BCUT2D eigenvalue weighted by atomic mass is 16.6. The number of carbonyl (C=O) groups excluding carboxylic acids is 2. The molecular formula is C25H29NO9. The van der Waals surface area contributed by atoms with Crippen LogP contribution in [-0.4, -0.2) is 77.6 Å². The number of nitrogens with zero attached hydrogens (tertiary/aromatic N) is 1. The van der Waals surface area contributed by atoms with E-state index in [1.807, 2.05) is 19.2 Å². The Morgan fingerprint density at radius 2 is 2.06 bits per heavy atom. The first kappa shape index (κ1) is 23.6. The number of likely N-dealkylation sites (tertiary alicyclic amines) is 1. The minimum Gasteiger partial charge on any atom is -0.493 e. The maximum atomic E-state index is 12.8. The number of rotatable bonds is 7. The quantitative estimate of drug-likeness (QED) is 0.543. The molecular weight excluding hydrogens is 458 g/mol. The number of aliphatic hydroxyl groups is 1. The van der Waals surface area contributed by atoms with Crippen molar-refractivity contribution in [2.45, 2.75) is 68.3 Å². The van der Waals surface area contributed by atoms with Crippen molar-refractivity contribution in [3.05, 3.63) is 35.1 Å². The number of carboxylic acids is 1. The summed E-state index contributed by atoms with van der Waals surface area (Å²) in [6, 6.07) is 3.74. The Balaban J connectivity index is 1.45. The lowest BCUT2D eigenvalue weighted by molar-refractivity contribution is -0.175. The Bertz CT molecular complexity index is 1130. The van der Waals surface area contributed by atoms with Gasteiger partial charge < -0.3 is 34.1 Å². The van der Waals surface area contributed by atoms with Crippen LogP contribution in [0.4, 0.5) is 0 Å². The van der Waals surface area contributed by atoms with E-state index >= 15 is 0 Å². The minimum absolute atomic E-state index is 0.128. The van der Waals surface area contributed by atoms with Crippen LogP contribution in [0, 0.1) is 0 Å². The monoisotopic (exact) mass is 487 g/mol. The van der Waals surface area contributed by atoms with Gasteiger partial charge in [-0.2, -0.15) is 0 Å². The lowest BCUT2D eigenvalue weighted by Crippen LogP contribution is -2.74. The summed E-state index contributed by atoms with van der Waals surface area (Å²) in [6.07, 6.45) is 0.516. The van der Waals surface area contributed by atoms with Crippen LogP contribution in [0.25, 0.3) is 0 Å². The molecule has 0 amide bonds. The number of benzene rings is 1. The van der Waals surface area contributed by atoms with Gasteiger partial charge in [-0.3, -0.25) is 9.59 Å². The van der Waals surface area contributed by atoms with Gasteiger partial charge in [-0.25, -0.2) is 4.79 Å². The van der Waals surface area contributed by atoms with E-state index < -0.39 is 41.1 Å². The second-order valence-electron chi connectivity index (χ2n) is 9.73. The first-order valence-electron chi connectivity index (χ1n) is 11.7. The summed E-state index contributed by atoms with van der Waals surface area (Å²) in [6.45, 7) is 2.11. The predicted octanol–water partition coefficient (Wildman–Crippen LogP) is 1.31. The lowest BCUT2D eigenvalue weighted by atomic mass is 9.50. The number of likely N-dealkylation sites (N-methyl/N-ethyl adjacent to an activating group) is 1. The molecule has 1 fully saturated rings. The fourth-order valence-corrected chi connectivity index (χ4v) is 6.30. The summed E-state index contributed by atoms with van der Waals surface area (Å²) in [5.41, 5.74) is 0.0642. The fourth-order valence-electron chi connectivity index (χ4n) is 6.30. The third kappa shape index (κ3) is 3.34. The van der Waals surface area contributed by atoms with Crippen LogP contribution in [0.5, 0.6) is 11.5 Å². The number of hydrogen-bond donors (Lipinski definition) is 2. The van der Waals surface area contributed by atoms with E-state index in [0.717, 1.165) is 17.7 Å². The van der Waals surface area contributed by atoms with Crippen molar-refractivity contribution in [1.29, 1.82) is 0 Å². The topological polar surface area (TPSA) is 132 Å². The molecule has 4 aliphatic rings. The molecule has 1 saturated heterocycles. The van der Waals surface area contributed by atoms with E-state index in [9.17, 15) is 19.5 Å². The molecule has 0 aromatic heterocycles. The minimum atomic E-state index is -1.24. The molecule has 1 aromatic rings. The molecule has 35 heavy (non-hydrogen) atoms. The predicted molar refractivity (Wildman–Crippen MR) is 120 cm³/mol. The molecule has 2 aliphatic carbocycles. The number of carbonyl (C=O) groups is 3. The van der Waals surface area contributed by atoms with Crippen molar-refractivity contribution >= 4 is 17.9 Å². The summed E-state index contributed by atoms with van der Waals surface area (Å²) < 4.78 is 22.7. The molecule has 1 spiro atoms. The largest absolute Gasteiger partial charge is 0.493 e.